The fourth-order valence-electron chi connectivity index (χ4n) is 0.826. The number of rotatable bonds is 3. The van der Waals surface area contributed by atoms with Crippen LogP contribution in [0.4, 0.5) is 8.78 Å². The predicted molar refractivity (Wildman–Crippen MR) is 44.5 cm³/mol. The molecule has 0 radical (unpaired) electrons. The van der Waals surface area contributed by atoms with E-state index in [9.17, 15) is 17.2 Å². The average molecular weight is 223 g/mol. The first kappa shape index (κ1) is 11.0. The quantitative estimate of drug-likeness (QED) is 0.829. The van der Waals surface area contributed by atoms with E-state index in [0.29, 0.717) is 0 Å². The van der Waals surface area contributed by atoms with Crippen LogP contribution in [0.5, 0.6) is 0 Å². The Kier molecular flexibility index (Phi) is 2.84. The van der Waals surface area contributed by atoms with Crippen molar-refractivity contribution in [2.24, 2.45) is 5.14 Å². The molecule has 0 aliphatic rings. The summed E-state index contributed by atoms with van der Waals surface area (Å²) >= 11 is 0. The zero-order valence-electron chi connectivity index (χ0n) is 6.85. The van der Waals surface area contributed by atoms with Crippen molar-refractivity contribution in [2.45, 2.75) is 6.11 Å². The number of hydrogen-bond acceptors (Lipinski definition) is 3. The Bertz CT molecular complexity index is 404. The second-order valence-corrected chi connectivity index (χ2v) is 3.61. The highest BCUT2D eigenvalue weighted by atomic mass is 32.2. The summed E-state index contributed by atoms with van der Waals surface area (Å²) in [7, 11) is -4.68. The van der Waals surface area contributed by atoms with E-state index in [-0.39, 0.29) is 0 Å². The summed E-state index contributed by atoms with van der Waals surface area (Å²) in [5.74, 6) is 0. The summed E-state index contributed by atoms with van der Waals surface area (Å²) in [5, 5.41) is 4.33. The van der Waals surface area contributed by atoms with Crippen molar-refractivity contribution in [1.29, 1.82) is 0 Å². The molecule has 0 atom stereocenters. The fourth-order valence-corrected chi connectivity index (χ4v) is 1.21. The first-order valence-corrected chi connectivity index (χ1v) is 4.95. The summed E-state index contributed by atoms with van der Waals surface area (Å²) in [6.07, 6.45) is -3.94. The van der Waals surface area contributed by atoms with Gasteiger partial charge in [0.1, 0.15) is 0 Å². The molecule has 1 aromatic carbocycles. The Hall–Kier alpha value is -1.05. The van der Waals surface area contributed by atoms with Gasteiger partial charge in [0, 0.05) is 0 Å². The Labute approximate surface area is 79.6 Å². The molecule has 0 bridgehead atoms. The van der Waals surface area contributed by atoms with Gasteiger partial charge in [-0.15, -0.1) is 0 Å². The standard InChI is InChI=1S/C7H7F2NO3S/c8-7(9,13-14(10,11)12)6-4-2-1-3-5-6/h1-5H,(H2,10,11,12). The van der Waals surface area contributed by atoms with E-state index < -0.39 is 22.0 Å². The van der Waals surface area contributed by atoms with E-state index in [1.54, 1.807) is 0 Å². The fraction of sp³-hybridized carbons (Fsp3) is 0.143. The number of alkyl halides is 2. The summed E-state index contributed by atoms with van der Waals surface area (Å²) in [6.45, 7) is 0. The lowest BCUT2D eigenvalue weighted by molar-refractivity contribution is -0.181. The van der Waals surface area contributed by atoms with Gasteiger partial charge in [0.2, 0.25) is 0 Å². The summed E-state index contributed by atoms with van der Waals surface area (Å²) < 4.78 is 50.0. The van der Waals surface area contributed by atoms with Crippen LogP contribution in [-0.4, -0.2) is 8.42 Å². The highest BCUT2D eigenvalue weighted by Gasteiger charge is 2.37. The molecule has 14 heavy (non-hydrogen) atoms. The van der Waals surface area contributed by atoms with E-state index in [2.05, 4.69) is 9.32 Å². The third kappa shape index (κ3) is 3.02. The Morgan fingerprint density at radius 2 is 1.71 bits per heavy atom. The zero-order chi connectivity index (χ0) is 10.8. The second kappa shape index (κ2) is 3.60. The van der Waals surface area contributed by atoms with Crippen molar-refractivity contribution in [3.05, 3.63) is 35.9 Å². The van der Waals surface area contributed by atoms with Gasteiger partial charge in [-0.05, 0) is 0 Å². The van der Waals surface area contributed by atoms with Crippen LogP contribution in [0.2, 0.25) is 0 Å². The molecular weight excluding hydrogens is 216 g/mol. The molecule has 0 saturated carbocycles. The van der Waals surface area contributed by atoms with Crippen LogP contribution < -0.4 is 5.14 Å². The number of hydrogen-bond donors (Lipinski definition) is 1. The van der Waals surface area contributed by atoms with Gasteiger partial charge in [0.15, 0.2) is 0 Å². The van der Waals surface area contributed by atoms with Crippen LogP contribution in [0.25, 0.3) is 0 Å². The molecule has 0 saturated heterocycles. The molecule has 0 amide bonds. The van der Waals surface area contributed by atoms with E-state index in [0.717, 1.165) is 12.1 Å². The molecular formula is C7H7F2NO3S. The van der Waals surface area contributed by atoms with E-state index in [1.807, 2.05) is 0 Å². The molecule has 78 valence electrons. The van der Waals surface area contributed by atoms with Crippen molar-refractivity contribution in [2.75, 3.05) is 0 Å². The van der Waals surface area contributed by atoms with Gasteiger partial charge in [-0.2, -0.15) is 21.4 Å². The molecule has 0 spiro atoms. The maximum Gasteiger partial charge on any atom is 0.397 e. The lowest BCUT2D eigenvalue weighted by Crippen LogP contribution is -2.27. The van der Waals surface area contributed by atoms with Gasteiger partial charge in [0.25, 0.3) is 0 Å². The van der Waals surface area contributed by atoms with Gasteiger partial charge in [-0.3, -0.25) is 0 Å². The molecule has 1 aromatic rings. The lowest BCUT2D eigenvalue weighted by Gasteiger charge is -2.14. The molecule has 1 rings (SSSR count). The third-order valence-electron chi connectivity index (χ3n) is 1.33. The Balaban J connectivity index is 2.97. The van der Waals surface area contributed by atoms with Gasteiger partial charge in [-0.1, -0.05) is 30.3 Å². The van der Waals surface area contributed by atoms with Crippen LogP contribution in [-0.2, 0) is 20.6 Å². The van der Waals surface area contributed by atoms with Crippen molar-refractivity contribution in [3.8, 4) is 0 Å². The van der Waals surface area contributed by atoms with Gasteiger partial charge >= 0.3 is 16.4 Å². The van der Waals surface area contributed by atoms with E-state index >= 15 is 0 Å². The molecule has 7 heteroatoms. The SMILES string of the molecule is NS(=O)(=O)OC(F)(F)c1ccccc1. The summed E-state index contributed by atoms with van der Waals surface area (Å²) in [6, 6.07) is 6.23. The molecule has 2 N–H and O–H groups in total. The molecule has 0 aromatic heterocycles. The lowest BCUT2D eigenvalue weighted by atomic mass is 10.2. The molecule has 0 heterocycles. The molecule has 0 aliphatic carbocycles. The monoisotopic (exact) mass is 223 g/mol. The van der Waals surface area contributed by atoms with Crippen molar-refractivity contribution >= 4 is 10.3 Å². The zero-order valence-corrected chi connectivity index (χ0v) is 7.67. The number of nitrogens with two attached hydrogens (primary N) is 1. The second-order valence-electron chi connectivity index (χ2n) is 2.46. The first-order chi connectivity index (χ1) is 6.31. The van der Waals surface area contributed by atoms with E-state index in [4.69, 9.17) is 0 Å². The number of benzene rings is 1. The summed E-state index contributed by atoms with van der Waals surface area (Å²) in [5.41, 5.74) is -0.575. The van der Waals surface area contributed by atoms with Gasteiger partial charge < -0.3 is 0 Å². The van der Waals surface area contributed by atoms with Crippen LogP contribution in [0.3, 0.4) is 0 Å². The van der Waals surface area contributed by atoms with Crippen LogP contribution in [0.1, 0.15) is 5.56 Å². The van der Waals surface area contributed by atoms with Crippen molar-refractivity contribution < 1.29 is 21.4 Å². The maximum absolute atomic E-state index is 13.0. The number of halogens is 2. The smallest absolute Gasteiger partial charge is 0.205 e. The highest BCUT2D eigenvalue weighted by molar-refractivity contribution is 7.84. The predicted octanol–water partition coefficient (Wildman–Crippen LogP) is 0.956. The largest absolute Gasteiger partial charge is 0.397 e. The van der Waals surface area contributed by atoms with Gasteiger partial charge in [0.05, 0.1) is 5.56 Å². The molecule has 0 unspecified atom stereocenters. The van der Waals surface area contributed by atoms with Crippen LogP contribution in [0, 0.1) is 0 Å². The minimum absolute atomic E-state index is 0.575. The van der Waals surface area contributed by atoms with Gasteiger partial charge in [-0.25, -0.2) is 5.14 Å². The Morgan fingerprint density at radius 3 is 2.14 bits per heavy atom. The minimum atomic E-state index is -4.68. The minimum Gasteiger partial charge on any atom is -0.205 e. The maximum atomic E-state index is 13.0. The topological polar surface area (TPSA) is 69.4 Å². The molecule has 4 nitrogen and oxygen atoms in total. The molecule has 0 aliphatic heterocycles. The normalized spacial score (nSPS) is 12.8. The summed E-state index contributed by atoms with van der Waals surface area (Å²) in [4.78, 5) is 0. The van der Waals surface area contributed by atoms with Crippen molar-refractivity contribution in [3.63, 3.8) is 0 Å². The van der Waals surface area contributed by atoms with E-state index in [1.165, 1.54) is 18.2 Å². The average Bonchev–Trinajstić information content (AvgIpc) is 2.01. The molecule has 0 fully saturated rings. The van der Waals surface area contributed by atoms with Crippen molar-refractivity contribution in [1.82, 2.24) is 0 Å². The Morgan fingerprint density at radius 1 is 1.21 bits per heavy atom. The third-order valence-corrected chi connectivity index (χ3v) is 1.77. The van der Waals surface area contributed by atoms with Crippen LogP contribution in [0.15, 0.2) is 30.3 Å². The first-order valence-electron chi connectivity index (χ1n) is 3.48. The van der Waals surface area contributed by atoms with Crippen LogP contribution >= 0.6 is 0 Å². The highest BCUT2D eigenvalue weighted by Crippen LogP contribution is 2.29.